The molecule has 0 aromatic carbocycles. The van der Waals surface area contributed by atoms with Gasteiger partial charge in [-0.1, -0.05) is 6.92 Å². The van der Waals surface area contributed by atoms with Crippen molar-refractivity contribution < 1.29 is 8.42 Å². The van der Waals surface area contributed by atoms with Crippen molar-refractivity contribution in [2.45, 2.75) is 30.4 Å². The Morgan fingerprint density at radius 1 is 1.47 bits per heavy atom. The summed E-state index contributed by atoms with van der Waals surface area (Å²) >= 11 is 0. The first-order chi connectivity index (χ1) is 6.89. The van der Waals surface area contributed by atoms with Gasteiger partial charge in [0.05, 0.1) is 15.8 Å². The van der Waals surface area contributed by atoms with E-state index >= 15 is 0 Å². The van der Waals surface area contributed by atoms with Crippen molar-refractivity contribution >= 4 is 21.3 Å². The van der Waals surface area contributed by atoms with Gasteiger partial charge in [0.1, 0.15) is 5.82 Å². The van der Waals surface area contributed by atoms with Gasteiger partial charge in [0.2, 0.25) is 0 Å². The van der Waals surface area contributed by atoms with Crippen molar-refractivity contribution in [2.75, 3.05) is 11.5 Å². The highest BCUT2D eigenvalue weighted by Crippen LogP contribution is 2.21. The molecule has 0 fully saturated rings. The van der Waals surface area contributed by atoms with Gasteiger partial charge in [0, 0.05) is 6.20 Å². The molecule has 0 spiro atoms. The summed E-state index contributed by atoms with van der Waals surface area (Å²) in [5.41, 5.74) is 11.1. The Balaban J connectivity index is 3.23. The normalized spacial score (nSPS) is 13.7. The van der Waals surface area contributed by atoms with Crippen LogP contribution in [-0.2, 0) is 9.84 Å². The zero-order chi connectivity index (χ0) is 11.6. The van der Waals surface area contributed by atoms with Crippen molar-refractivity contribution in [3.63, 3.8) is 0 Å². The molecule has 0 aliphatic rings. The van der Waals surface area contributed by atoms with Crippen LogP contribution in [0.15, 0.2) is 17.2 Å². The monoisotopic (exact) mass is 229 g/mol. The number of aromatic nitrogens is 1. The van der Waals surface area contributed by atoms with Crippen LogP contribution in [0, 0.1) is 0 Å². The summed E-state index contributed by atoms with van der Waals surface area (Å²) in [5.74, 6) is 0.151. The lowest BCUT2D eigenvalue weighted by molar-refractivity contribution is 0.580. The number of hydrogen-bond acceptors (Lipinski definition) is 5. The number of rotatable bonds is 3. The maximum Gasteiger partial charge on any atom is 0.182 e. The number of pyridine rings is 1. The van der Waals surface area contributed by atoms with Gasteiger partial charge in [0.15, 0.2) is 9.84 Å². The fourth-order valence-corrected chi connectivity index (χ4v) is 2.47. The van der Waals surface area contributed by atoms with Crippen LogP contribution in [0.25, 0.3) is 0 Å². The van der Waals surface area contributed by atoms with Crippen LogP contribution in [0.2, 0.25) is 0 Å². The van der Waals surface area contributed by atoms with Crippen LogP contribution in [-0.4, -0.2) is 18.7 Å². The zero-order valence-electron chi connectivity index (χ0n) is 8.77. The molecule has 1 atom stereocenters. The molecule has 1 rings (SSSR count). The molecule has 4 N–H and O–H groups in total. The number of hydrogen-bond donors (Lipinski definition) is 2. The molecular formula is C9H15N3O2S. The Morgan fingerprint density at radius 3 is 2.53 bits per heavy atom. The molecule has 15 heavy (non-hydrogen) atoms. The second-order valence-electron chi connectivity index (χ2n) is 3.41. The summed E-state index contributed by atoms with van der Waals surface area (Å²) in [5, 5.41) is -0.442. The van der Waals surface area contributed by atoms with Crippen LogP contribution in [0.3, 0.4) is 0 Å². The third-order valence-corrected chi connectivity index (χ3v) is 4.63. The van der Waals surface area contributed by atoms with E-state index in [4.69, 9.17) is 11.5 Å². The number of nitrogens with zero attached hydrogens (tertiary/aromatic N) is 1. The molecule has 0 amide bonds. The van der Waals surface area contributed by atoms with E-state index in [1.165, 1.54) is 12.3 Å². The predicted octanol–water partition coefficient (Wildman–Crippen LogP) is 0.818. The summed E-state index contributed by atoms with van der Waals surface area (Å²) < 4.78 is 23.8. The Bertz CT molecular complexity index is 456. The Morgan fingerprint density at radius 2 is 2.07 bits per heavy atom. The van der Waals surface area contributed by atoms with Gasteiger partial charge in [0.25, 0.3) is 0 Å². The molecule has 1 heterocycles. The molecule has 1 aromatic rings. The maximum atomic E-state index is 11.9. The predicted molar refractivity (Wildman–Crippen MR) is 60.0 cm³/mol. The molecule has 6 heteroatoms. The van der Waals surface area contributed by atoms with E-state index in [9.17, 15) is 8.42 Å². The van der Waals surface area contributed by atoms with Gasteiger partial charge in [-0.15, -0.1) is 0 Å². The van der Waals surface area contributed by atoms with Gasteiger partial charge in [-0.25, -0.2) is 13.4 Å². The van der Waals surface area contributed by atoms with Crippen molar-refractivity contribution in [3.05, 3.63) is 12.3 Å². The van der Waals surface area contributed by atoms with Crippen molar-refractivity contribution in [2.24, 2.45) is 0 Å². The third-order valence-electron chi connectivity index (χ3n) is 2.36. The van der Waals surface area contributed by atoms with E-state index in [1.54, 1.807) is 6.92 Å². The first-order valence-corrected chi connectivity index (χ1v) is 6.19. The lowest BCUT2D eigenvalue weighted by Crippen LogP contribution is -2.17. The van der Waals surface area contributed by atoms with E-state index in [-0.39, 0.29) is 16.4 Å². The van der Waals surface area contributed by atoms with Crippen LogP contribution in [0.1, 0.15) is 20.3 Å². The fourth-order valence-electron chi connectivity index (χ4n) is 1.08. The van der Waals surface area contributed by atoms with Crippen molar-refractivity contribution in [1.82, 2.24) is 4.98 Å². The van der Waals surface area contributed by atoms with Crippen LogP contribution >= 0.6 is 0 Å². The summed E-state index contributed by atoms with van der Waals surface area (Å²) in [6, 6.07) is 1.35. The van der Waals surface area contributed by atoms with Crippen molar-refractivity contribution in [3.8, 4) is 0 Å². The summed E-state index contributed by atoms with van der Waals surface area (Å²) in [6.07, 6.45) is 1.79. The molecule has 0 saturated heterocycles. The lowest BCUT2D eigenvalue weighted by atomic mass is 10.4. The minimum atomic E-state index is -3.33. The van der Waals surface area contributed by atoms with Crippen LogP contribution < -0.4 is 11.5 Å². The van der Waals surface area contributed by atoms with Gasteiger partial charge in [-0.3, -0.25) is 0 Å². The highest BCUT2D eigenvalue weighted by Gasteiger charge is 2.22. The summed E-state index contributed by atoms with van der Waals surface area (Å²) in [4.78, 5) is 3.86. The average molecular weight is 229 g/mol. The van der Waals surface area contributed by atoms with Gasteiger partial charge >= 0.3 is 0 Å². The SMILES string of the molecule is CCC(C)S(=O)(=O)c1cnc(N)c(N)c1. The molecule has 0 radical (unpaired) electrons. The van der Waals surface area contributed by atoms with Gasteiger partial charge in [-0.05, 0) is 19.4 Å². The Kier molecular flexibility index (Phi) is 3.18. The summed E-state index contributed by atoms with van der Waals surface area (Å²) in [6.45, 7) is 3.47. The van der Waals surface area contributed by atoms with E-state index in [2.05, 4.69) is 4.98 Å². The fraction of sp³-hybridized carbons (Fsp3) is 0.444. The van der Waals surface area contributed by atoms with Gasteiger partial charge < -0.3 is 11.5 Å². The zero-order valence-corrected chi connectivity index (χ0v) is 9.58. The largest absolute Gasteiger partial charge is 0.396 e. The minimum Gasteiger partial charge on any atom is -0.396 e. The van der Waals surface area contributed by atoms with Crippen LogP contribution in [0.4, 0.5) is 11.5 Å². The summed E-state index contributed by atoms with van der Waals surface area (Å²) in [7, 11) is -3.33. The van der Waals surface area contributed by atoms with Gasteiger partial charge in [-0.2, -0.15) is 0 Å². The average Bonchev–Trinajstić information content (AvgIpc) is 2.20. The molecule has 1 unspecified atom stereocenters. The lowest BCUT2D eigenvalue weighted by Gasteiger charge is -2.11. The van der Waals surface area contributed by atoms with E-state index in [0.29, 0.717) is 6.42 Å². The highest BCUT2D eigenvalue weighted by atomic mass is 32.2. The quantitative estimate of drug-likeness (QED) is 0.799. The van der Waals surface area contributed by atoms with Crippen LogP contribution in [0.5, 0.6) is 0 Å². The molecule has 0 aliphatic heterocycles. The first-order valence-electron chi connectivity index (χ1n) is 4.64. The number of anilines is 2. The standard InChI is InChI=1S/C9H15N3O2S/c1-3-6(2)15(13,14)7-4-8(10)9(11)12-5-7/h4-6H,3,10H2,1-2H3,(H2,11,12). The molecular weight excluding hydrogens is 214 g/mol. The highest BCUT2D eigenvalue weighted by molar-refractivity contribution is 7.92. The Labute approximate surface area is 89.4 Å². The van der Waals surface area contributed by atoms with E-state index in [0.717, 1.165) is 0 Å². The second-order valence-corrected chi connectivity index (χ2v) is 5.78. The van der Waals surface area contributed by atoms with E-state index in [1.807, 2.05) is 6.92 Å². The number of sulfone groups is 1. The Hall–Kier alpha value is -1.30. The molecule has 1 aromatic heterocycles. The molecule has 0 bridgehead atoms. The second kappa shape index (κ2) is 4.06. The molecule has 0 aliphatic carbocycles. The third kappa shape index (κ3) is 2.20. The first kappa shape index (κ1) is 11.8. The number of nitrogen functional groups attached to an aromatic ring is 2. The van der Waals surface area contributed by atoms with E-state index < -0.39 is 15.1 Å². The number of nitrogens with two attached hydrogens (primary N) is 2. The molecule has 0 saturated carbocycles. The smallest absolute Gasteiger partial charge is 0.182 e. The van der Waals surface area contributed by atoms with Crippen molar-refractivity contribution in [1.29, 1.82) is 0 Å². The molecule has 84 valence electrons. The minimum absolute atomic E-state index is 0.128. The maximum absolute atomic E-state index is 11.9. The topological polar surface area (TPSA) is 99.1 Å². The molecule has 5 nitrogen and oxygen atoms in total.